The molecule has 7 rings (SSSR count). The second kappa shape index (κ2) is 8.38. The average Bonchev–Trinajstić information content (AvgIpc) is 3.38. The molecule has 1 aliphatic rings. The summed E-state index contributed by atoms with van der Waals surface area (Å²) in [5, 5.41) is 2.84. The van der Waals surface area contributed by atoms with Gasteiger partial charge in [0, 0.05) is 64.5 Å². The first-order chi connectivity index (χ1) is 18.2. The van der Waals surface area contributed by atoms with Gasteiger partial charge >= 0.3 is 0 Å². The summed E-state index contributed by atoms with van der Waals surface area (Å²) in [6.45, 7) is 0.731. The minimum absolute atomic E-state index is 0.122. The van der Waals surface area contributed by atoms with Crippen molar-refractivity contribution in [3.8, 4) is 16.8 Å². The van der Waals surface area contributed by atoms with Crippen LogP contribution in [0.5, 0.6) is 0 Å². The van der Waals surface area contributed by atoms with Gasteiger partial charge in [-0.1, -0.05) is 24.3 Å². The zero-order chi connectivity index (χ0) is 24.9. The van der Waals surface area contributed by atoms with Gasteiger partial charge in [0.25, 0.3) is 5.56 Å². The predicted molar refractivity (Wildman–Crippen MR) is 147 cm³/mol. The maximum absolute atomic E-state index is 13.2. The summed E-state index contributed by atoms with van der Waals surface area (Å²) < 4.78 is 1.73. The number of nitrogens with zero attached hydrogens (tertiary/aromatic N) is 4. The van der Waals surface area contributed by atoms with Crippen LogP contribution in [0.1, 0.15) is 12.8 Å². The highest BCUT2D eigenvalue weighted by Crippen LogP contribution is 2.31. The van der Waals surface area contributed by atoms with E-state index in [4.69, 9.17) is 0 Å². The summed E-state index contributed by atoms with van der Waals surface area (Å²) in [5.74, 6) is 0.142. The van der Waals surface area contributed by atoms with E-state index < -0.39 is 0 Å². The second-order valence-corrected chi connectivity index (χ2v) is 9.38. The van der Waals surface area contributed by atoms with Gasteiger partial charge in [-0.2, -0.15) is 0 Å². The highest BCUT2D eigenvalue weighted by molar-refractivity contribution is 6.05. The quantitative estimate of drug-likeness (QED) is 0.295. The van der Waals surface area contributed by atoms with Crippen molar-refractivity contribution in [2.75, 3.05) is 11.4 Å². The third-order valence-corrected chi connectivity index (χ3v) is 7.13. The number of fused-ring (bicyclic) bond motifs is 4. The fourth-order valence-corrected chi connectivity index (χ4v) is 5.28. The molecule has 1 amide bonds. The molecule has 37 heavy (non-hydrogen) atoms. The number of rotatable bonds is 3. The molecule has 178 valence electrons. The van der Waals surface area contributed by atoms with E-state index in [0.717, 1.165) is 68.2 Å². The summed E-state index contributed by atoms with van der Waals surface area (Å²) in [4.78, 5) is 36.5. The highest BCUT2D eigenvalue weighted by Gasteiger charge is 2.21. The Morgan fingerprint density at radius 3 is 2.32 bits per heavy atom. The van der Waals surface area contributed by atoms with Crippen LogP contribution in [0.4, 0.5) is 5.69 Å². The zero-order valence-corrected chi connectivity index (χ0v) is 20.0. The Hall–Kier alpha value is -4.84. The molecule has 1 saturated heterocycles. The minimum atomic E-state index is -0.122. The van der Waals surface area contributed by atoms with Crippen LogP contribution >= 0.6 is 0 Å². The lowest BCUT2D eigenvalue weighted by molar-refractivity contribution is -0.117. The van der Waals surface area contributed by atoms with E-state index in [1.54, 1.807) is 15.5 Å². The van der Waals surface area contributed by atoms with Crippen LogP contribution in [0, 0.1) is 0 Å². The van der Waals surface area contributed by atoms with Crippen molar-refractivity contribution in [2.24, 2.45) is 0 Å². The van der Waals surface area contributed by atoms with Crippen molar-refractivity contribution in [1.82, 2.24) is 14.5 Å². The van der Waals surface area contributed by atoms with E-state index in [-0.39, 0.29) is 11.5 Å². The molecule has 6 nitrogen and oxygen atoms in total. The normalized spacial score (nSPS) is 13.7. The average molecular weight is 483 g/mol. The Morgan fingerprint density at radius 2 is 1.49 bits per heavy atom. The molecular formula is C31H22N4O2. The molecule has 0 bridgehead atoms. The first-order valence-corrected chi connectivity index (χ1v) is 12.4. The fourth-order valence-electron chi connectivity index (χ4n) is 5.28. The van der Waals surface area contributed by atoms with E-state index in [9.17, 15) is 9.59 Å². The molecule has 1 fully saturated rings. The van der Waals surface area contributed by atoms with Gasteiger partial charge in [-0.3, -0.25) is 24.1 Å². The molecule has 4 heterocycles. The first-order valence-electron chi connectivity index (χ1n) is 12.4. The summed E-state index contributed by atoms with van der Waals surface area (Å²) in [6.07, 6.45) is 5.14. The van der Waals surface area contributed by atoms with E-state index >= 15 is 0 Å². The summed E-state index contributed by atoms with van der Waals surface area (Å²) in [7, 11) is 0. The Kier molecular flexibility index (Phi) is 4.86. The number of hydrogen-bond donors (Lipinski definition) is 0. The summed E-state index contributed by atoms with van der Waals surface area (Å²) in [6, 6.07) is 27.3. The monoisotopic (exact) mass is 482 g/mol. The van der Waals surface area contributed by atoms with Crippen LogP contribution in [0.3, 0.4) is 0 Å². The van der Waals surface area contributed by atoms with Crippen LogP contribution in [0.2, 0.25) is 0 Å². The third kappa shape index (κ3) is 3.57. The van der Waals surface area contributed by atoms with Crippen molar-refractivity contribution in [1.29, 1.82) is 0 Å². The Morgan fingerprint density at radius 1 is 0.676 bits per heavy atom. The van der Waals surface area contributed by atoms with Crippen LogP contribution < -0.4 is 10.5 Å². The lowest BCUT2D eigenvalue weighted by Gasteiger charge is -2.17. The van der Waals surface area contributed by atoms with E-state index in [1.807, 2.05) is 73.1 Å². The molecule has 0 N–H and O–H groups in total. The van der Waals surface area contributed by atoms with Crippen molar-refractivity contribution in [3.63, 3.8) is 0 Å². The van der Waals surface area contributed by atoms with E-state index in [0.29, 0.717) is 6.42 Å². The molecule has 0 spiro atoms. The number of carbonyl (C=O) groups is 1. The topological polar surface area (TPSA) is 68.1 Å². The lowest BCUT2D eigenvalue weighted by Crippen LogP contribution is -2.23. The molecule has 6 heteroatoms. The number of anilines is 1. The molecule has 1 aliphatic heterocycles. The molecule has 6 aromatic rings. The van der Waals surface area contributed by atoms with Crippen molar-refractivity contribution >= 4 is 44.3 Å². The molecular weight excluding hydrogens is 460 g/mol. The summed E-state index contributed by atoms with van der Waals surface area (Å²) in [5.41, 5.74) is 6.05. The van der Waals surface area contributed by atoms with Crippen LogP contribution in [-0.4, -0.2) is 27.0 Å². The van der Waals surface area contributed by atoms with Crippen molar-refractivity contribution < 1.29 is 4.79 Å². The molecule has 0 unspecified atom stereocenters. The largest absolute Gasteiger partial charge is 0.312 e. The standard InChI is InChI=1S/C31H22N4O2/c36-29-6-3-15-34(29)24-9-11-25(12-10-24)35-30(37)14-8-22-18-33-28-13-7-20(17-26(28)31(22)35)23-16-21-4-1-2-5-27(21)32-19-23/h1-2,4-5,7-14,16-19H,3,6,15H2. The number of benzene rings is 3. The smallest absolute Gasteiger partial charge is 0.255 e. The van der Waals surface area contributed by atoms with Gasteiger partial charge < -0.3 is 4.90 Å². The molecule has 3 aromatic heterocycles. The Labute approximate surface area is 212 Å². The summed E-state index contributed by atoms with van der Waals surface area (Å²) >= 11 is 0. The number of pyridine rings is 3. The number of carbonyl (C=O) groups excluding carboxylic acids is 1. The number of amides is 1. The van der Waals surface area contributed by atoms with Gasteiger partial charge in [-0.05, 0) is 66.6 Å². The molecule has 0 saturated carbocycles. The van der Waals surface area contributed by atoms with Gasteiger partial charge in [-0.15, -0.1) is 0 Å². The molecule has 0 atom stereocenters. The molecule has 0 aliphatic carbocycles. The third-order valence-electron chi connectivity index (χ3n) is 7.13. The van der Waals surface area contributed by atoms with Crippen LogP contribution in [0.15, 0.2) is 102 Å². The van der Waals surface area contributed by atoms with Gasteiger partial charge in [0.05, 0.1) is 16.6 Å². The second-order valence-electron chi connectivity index (χ2n) is 9.38. The van der Waals surface area contributed by atoms with Crippen LogP contribution in [0.25, 0.3) is 49.5 Å². The Balaban J connectivity index is 1.42. The number of hydrogen-bond acceptors (Lipinski definition) is 4. The van der Waals surface area contributed by atoms with Gasteiger partial charge in [0.2, 0.25) is 5.91 Å². The maximum Gasteiger partial charge on any atom is 0.255 e. The lowest BCUT2D eigenvalue weighted by atomic mass is 10.0. The first kappa shape index (κ1) is 21.4. The maximum atomic E-state index is 13.2. The van der Waals surface area contributed by atoms with Gasteiger partial charge in [0.1, 0.15) is 0 Å². The van der Waals surface area contributed by atoms with Crippen molar-refractivity contribution in [2.45, 2.75) is 12.8 Å². The molecule has 3 aromatic carbocycles. The van der Waals surface area contributed by atoms with Gasteiger partial charge in [-0.25, -0.2) is 0 Å². The SMILES string of the molecule is O=C1CCCN1c1ccc(-n2c(=O)ccc3cnc4ccc(-c5cnc6ccccc6c5)cc4c32)cc1. The highest BCUT2D eigenvalue weighted by atomic mass is 16.2. The van der Waals surface area contributed by atoms with Crippen LogP contribution in [-0.2, 0) is 4.79 Å². The van der Waals surface area contributed by atoms with Gasteiger partial charge in [0.15, 0.2) is 0 Å². The van der Waals surface area contributed by atoms with E-state index in [2.05, 4.69) is 28.2 Å². The minimum Gasteiger partial charge on any atom is -0.312 e. The Bertz CT molecular complexity index is 1910. The number of para-hydroxylation sites is 1. The fraction of sp³-hybridized carbons (Fsp3) is 0.0968. The van der Waals surface area contributed by atoms with E-state index in [1.165, 1.54) is 0 Å². The predicted octanol–water partition coefficient (Wildman–Crippen LogP) is 5.88. The zero-order valence-electron chi connectivity index (χ0n) is 20.0. The number of aromatic nitrogens is 3. The molecule has 0 radical (unpaired) electrons. The van der Waals surface area contributed by atoms with Crippen molar-refractivity contribution in [3.05, 3.63) is 108 Å².